The highest BCUT2D eigenvalue weighted by Gasteiger charge is 2.32. The van der Waals surface area contributed by atoms with Crippen LogP contribution in [0.5, 0.6) is 0 Å². The van der Waals surface area contributed by atoms with E-state index in [1.165, 1.54) is 0 Å². The number of rotatable bonds is 5. The predicted octanol–water partition coefficient (Wildman–Crippen LogP) is 2.86. The first-order chi connectivity index (χ1) is 6.12. The third-order valence-electron chi connectivity index (χ3n) is 1.34. The molecule has 14 heavy (non-hydrogen) atoms. The Morgan fingerprint density at radius 3 is 1.93 bits per heavy atom. The van der Waals surface area contributed by atoms with Gasteiger partial charge in [-0.05, 0) is 34.6 Å². The molecule has 0 aliphatic heterocycles. The Morgan fingerprint density at radius 2 is 1.57 bits per heavy atom. The lowest BCUT2D eigenvalue weighted by atomic mass is 10.2. The van der Waals surface area contributed by atoms with Crippen molar-refractivity contribution in [2.24, 2.45) is 0 Å². The Hall–Kier alpha value is -0.220. The van der Waals surface area contributed by atoms with Crippen LogP contribution in [-0.4, -0.2) is 30.8 Å². The largest absolute Gasteiger partial charge is 0.372 e. The minimum atomic E-state index is -2.91. The fraction of sp³-hybridized carbons (Fsp3) is 1.00. The van der Waals surface area contributed by atoms with Gasteiger partial charge in [-0.2, -0.15) is 0 Å². The molecule has 0 N–H and O–H groups in total. The number of halogens is 2. The maximum atomic E-state index is 13.1. The van der Waals surface area contributed by atoms with Crippen LogP contribution >= 0.6 is 0 Å². The maximum Gasteiger partial charge on any atom is 0.293 e. The first-order valence-corrected chi connectivity index (χ1v) is 4.76. The summed E-state index contributed by atoms with van der Waals surface area (Å²) in [5.74, 6) is -2.91. The SMILES string of the molecule is CC(C)OCC(F)(F)COC(C)(C)C. The molecule has 0 aromatic heterocycles. The van der Waals surface area contributed by atoms with Crippen molar-refractivity contribution in [3.05, 3.63) is 0 Å². The lowest BCUT2D eigenvalue weighted by molar-refractivity contribution is -0.158. The molecule has 0 rings (SSSR count). The van der Waals surface area contributed by atoms with Gasteiger partial charge in [-0.15, -0.1) is 0 Å². The predicted molar refractivity (Wildman–Crippen MR) is 51.7 cm³/mol. The summed E-state index contributed by atoms with van der Waals surface area (Å²) >= 11 is 0. The Morgan fingerprint density at radius 1 is 1.07 bits per heavy atom. The maximum absolute atomic E-state index is 13.1. The lowest BCUT2D eigenvalue weighted by Gasteiger charge is -2.24. The van der Waals surface area contributed by atoms with Crippen LogP contribution in [0, 0.1) is 0 Å². The van der Waals surface area contributed by atoms with Crippen molar-refractivity contribution in [1.29, 1.82) is 0 Å². The molecule has 0 amide bonds. The molecule has 4 heteroatoms. The minimum Gasteiger partial charge on any atom is -0.372 e. The van der Waals surface area contributed by atoms with Gasteiger partial charge < -0.3 is 9.47 Å². The quantitative estimate of drug-likeness (QED) is 0.694. The topological polar surface area (TPSA) is 18.5 Å². The van der Waals surface area contributed by atoms with Crippen molar-refractivity contribution in [3.8, 4) is 0 Å². The number of hydrogen-bond donors (Lipinski definition) is 0. The van der Waals surface area contributed by atoms with Gasteiger partial charge in [-0.3, -0.25) is 0 Å². The fourth-order valence-electron chi connectivity index (χ4n) is 0.652. The number of alkyl halides is 2. The third-order valence-corrected chi connectivity index (χ3v) is 1.34. The van der Waals surface area contributed by atoms with Crippen LogP contribution in [-0.2, 0) is 9.47 Å². The van der Waals surface area contributed by atoms with Crippen LogP contribution in [0.15, 0.2) is 0 Å². The van der Waals surface area contributed by atoms with E-state index in [1.807, 2.05) is 0 Å². The van der Waals surface area contributed by atoms with E-state index in [9.17, 15) is 8.78 Å². The molecule has 0 atom stereocenters. The Balaban J connectivity index is 3.83. The summed E-state index contributed by atoms with van der Waals surface area (Å²) in [4.78, 5) is 0. The van der Waals surface area contributed by atoms with E-state index in [0.29, 0.717) is 0 Å². The highest BCUT2D eigenvalue weighted by Crippen LogP contribution is 2.19. The normalized spacial score (nSPS) is 13.7. The molecular weight excluding hydrogens is 190 g/mol. The van der Waals surface area contributed by atoms with Crippen LogP contribution in [0.3, 0.4) is 0 Å². The highest BCUT2D eigenvalue weighted by molar-refractivity contribution is 4.68. The second kappa shape index (κ2) is 5.03. The van der Waals surface area contributed by atoms with E-state index in [2.05, 4.69) is 0 Å². The fourth-order valence-corrected chi connectivity index (χ4v) is 0.652. The van der Waals surface area contributed by atoms with Gasteiger partial charge >= 0.3 is 0 Å². The molecule has 0 spiro atoms. The summed E-state index contributed by atoms with van der Waals surface area (Å²) in [6.07, 6.45) is -0.185. The monoisotopic (exact) mass is 210 g/mol. The first-order valence-electron chi connectivity index (χ1n) is 4.76. The van der Waals surface area contributed by atoms with Gasteiger partial charge in [-0.25, -0.2) is 8.78 Å². The third kappa shape index (κ3) is 8.38. The molecule has 0 aromatic rings. The molecule has 0 saturated heterocycles. The Labute approximate surface area is 84.6 Å². The van der Waals surface area contributed by atoms with Gasteiger partial charge in [0.05, 0.1) is 11.7 Å². The van der Waals surface area contributed by atoms with E-state index < -0.39 is 24.7 Å². The Kier molecular flexibility index (Phi) is 4.95. The molecule has 0 heterocycles. The van der Waals surface area contributed by atoms with E-state index in [4.69, 9.17) is 9.47 Å². The van der Waals surface area contributed by atoms with Crippen molar-refractivity contribution < 1.29 is 18.3 Å². The number of ether oxygens (including phenoxy) is 2. The van der Waals surface area contributed by atoms with Crippen molar-refractivity contribution >= 4 is 0 Å². The summed E-state index contributed by atoms with van der Waals surface area (Å²) in [6, 6.07) is 0. The molecule has 0 aliphatic carbocycles. The molecule has 0 fully saturated rings. The van der Waals surface area contributed by atoms with Crippen LogP contribution in [0.2, 0.25) is 0 Å². The van der Waals surface area contributed by atoms with Gasteiger partial charge in [0.2, 0.25) is 0 Å². The second-order valence-electron chi connectivity index (χ2n) is 4.62. The average molecular weight is 210 g/mol. The Bertz CT molecular complexity index is 162. The smallest absolute Gasteiger partial charge is 0.293 e. The van der Waals surface area contributed by atoms with Crippen molar-refractivity contribution in [2.45, 2.75) is 52.2 Å². The van der Waals surface area contributed by atoms with E-state index in [1.54, 1.807) is 34.6 Å². The van der Waals surface area contributed by atoms with E-state index in [0.717, 1.165) is 0 Å². The van der Waals surface area contributed by atoms with Gasteiger partial charge in [0, 0.05) is 0 Å². The molecule has 0 saturated carbocycles. The van der Waals surface area contributed by atoms with Gasteiger partial charge in [0.15, 0.2) is 0 Å². The molecular formula is C10H20F2O2. The van der Waals surface area contributed by atoms with Crippen molar-refractivity contribution in [1.82, 2.24) is 0 Å². The zero-order chi connectivity index (χ0) is 11.4. The molecule has 0 bridgehead atoms. The summed E-state index contributed by atoms with van der Waals surface area (Å²) in [7, 11) is 0. The van der Waals surface area contributed by atoms with Crippen LogP contribution in [0.1, 0.15) is 34.6 Å². The van der Waals surface area contributed by atoms with Crippen molar-refractivity contribution in [3.63, 3.8) is 0 Å². The molecule has 0 unspecified atom stereocenters. The molecule has 2 nitrogen and oxygen atoms in total. The summed E-state index contributed by atoms with van der Waals surface area (Å²) in [6.45, 7) is 7.50. The van der Waals surface area contributed by atoms with Gasteiger partial charge in [0.1, 0.15) is 13.2 Å². The van der Waals surface area contributed by atoms with Gasteiger partial charge in [-0.1, -0.05) is 0 Å². The lowest BCUT2D eigenvalue weighted by Crippen LogP contribution is -2.35. The number of hydrogen-bond acceptors (Lipinski definition) is 2. The average Bonchev–Trinajstić information content (AvgIpc) is 1.97. The molecule has 0 aromatic carbocycles. The van der Waals surface area contributed by atoms with Gasteiger partial charge in [0.25, 0.3) is 5.92 Å². The standard InChI is InChI=1S/C10H20F2O2/c1-8(2)13-6-10(11,12)7-14-9(3,4)5/h8H,6-7H2,1-5H3. The second-order valence-corrected chi connectivity index (χ2v) is 4.62. The van der Waals surface area contributed by atoms with E-state index in [-0.39, 0.29) is 6.10 Å². The van der Waals surface area contributed by atoms with Crippen LogP contribution < -0.4 is 0 Å². The molecule has 0 aliphatic rings. The molecule has 0 radical (unpaired) electrons. The van der Waals surface area contributed by atoms with Crippen molar-refractivity contribution in [2.75, 3.05) is 13.2 Å². The van der Waals surface area contributed by atoms with E-state index >= 15 is 0 Å². The summed E-state index contributed by atoms with van der Waals surface area (Å²) < 4.78 is 36.0. The summed E-state index contributed by atoms with van der Waals surface area (Å²) in [5, 5.41) is 0. The van der Waals surface area contributed by atoms with Crippen LogP contribution in [0.4, 0.5) is 8.78 Å². The first kappa shape index (κ1) is 13.8. The molecule has 86 valence electrons. The zero-order valence-corrected chi connectivity index (χ0v) is 9.56. The zero-order valence-electron chi connectivity index (χ0n) is 9.56. The summed E-state index contributed by atoms with van der Waals surface area (Å²) in [5.41, 5.74) is -0.540. The van der Waals surface area contributed by atoms with Crippen LogP contribution in [0.25, 0.3) is 0 Å². The highest BCUT2D eigenvalue weighted by atomic mass is 19.3. The minimum absolute atomic E-state index is 0.185.